The van der Waals surface area contributed by atoms with Crippen molar-refractivity contribution >= 4 is 14.6 Å². The SMILES string of the molecule is CC(C)[C@@H](Cc1ccccc1)N1C=C(c2ccc(F)cc2)N([C@H](Cc2ccccc2)C(C)C)P1. The Bertz CT molecular complexity index is 1060. The Morgan fingerprint density at radius 1 is 0.676 bits per heavy atom. The van der Waals surface area contributed by atoms with Gasteiger partial charge >= 0.3 is 0 Å². The van der Waals surface area contributed by atoms with Gasteiger partial charge in [-0.25, -0.2) is 4.39 Å². The maximum absolute atomic E-state index is 13.8. The van der Waals surface area contributed by atoms with Gasteiger partial charge in [0.15, 0.2) is 0 Å². The zero-order chi connectivity index (χ0) is 24.1. The Morgan fingerprint density at radius 2 is 1.18 bits per heavy atom. The molecule has 1 aliphatic rings. The molecule has 0 amide bonds. The van der Waals surface area contributed by atoms with Gasteiger partial charge in [0.25, 0.3) is 0 Å². The van der Waals surface area contributed by atoms with Crippen molar-refractivity contribution in [1.82, 2.24) is 9.34 Å². The highest BCUT2D eigenvalue weighted by molar-refractivity contribution is 7.33. The van der Waals surface area contributed by atoms with Crippen molar-refractivity contribution in [2.24, 2.45) is 11.8 Å². The van der Waals surface area contributed by atoms with E-state index in [2.05, 4.69) is 104 Å². The lowest BCUT2D eigenvalue weighted by Gasteiger charge is -2.37. The second-order valence-corrected chi connectivity index (χ2v) is 11.1. The van der Waals surface area contributed by atoms with Crippen LogP contribution in [0.2, 0.25) is 0 Å². The molecule has 2 nitrogen and oxygen atoms in total. The van der Waals surface area contributed by atoms with E-state index < -0.39 is 0 Å². The third kappa shape index (κ3) is 5.88. The highest BCUT2D eigenvalue weighted by Gasteiger charge is 2.34. The Labute approximate surface area is 206 Å². The van der Waals surface area contributed by atoms with Crippen LogP contribution in [-0.4, -0.2) is 21.4 Å². The van der Waals surface area contributed by atoms with Crippen molar-refractivity contribution in [3.05, 3.63) is 114 Å². The Kier molecular flexibility index (Phi) is 8.06. The van der Waals surface area contributed by atoms with Crippen LogP contribution in [0, 0.1) is 17.7 Å². The van der Waals surface area contributed by atoms with Crippen LogP contribution in [0.25, 0.3) is 5.70 Å². The minimum Gasteiger partial charge on any atom is -0.337 e. The Balaban J connectivity index is 1.68. The molecule has 3 atom stereocenters. The summed E-state index contributed by atoms with van der Waals surface area (Å²) in [4.78, 5) is 0. The molecule has 0 saturated heterocycles. The predicted molar refractivity (Wildman–Crippen MR) is 144 cm³/mol. The standard InChI is InChI=1S/C30H36FN2P/c1-22(2)28(19-24-11-7-5-8-12-24)32-21-30(26-15-17-27(31)18-16-26)33(34-32)29(23(3)4)20-25-13-9-6-10-14-25/h5-18,21-23,28-29,34H,19-20H2,1-4H3/t28-,29-/m1/s1. The summed E-state index contributed by atoms with van der Waals surface area (Å²) < 4.78 is 18.9. The van der Waals surface area contributed by atoms with Crippen LogP contribution in [-0.2, 0) is 12.8 Å². The highest BCUT2D eigenvalue weighted by atomic mass is 31.1. The second-order valence-electron chi connectivity index (χ2n) is 9.90. The maximum atomic E-state index is 13.8. The summed E-state index contributed by atoms with van der Waals surface area (Å²) in [5.41, 5.74) is 5.00. The van der Waals surface area contributed by atoms with E-state index in [4.69, 9.17) is 0 Å². The molecule has 0 bridgehead atoms. The minimum absolute atomic E-state index is 0.193. The summed E-state index contributed by atoms with van der Waals surface area (Å²) in [5.74, 6) is 0.787. The largest absolute Gasteiger partial charge is 0.337 e. The summed E-state index contributed by atoms with van der Waals surface area (Å²) in [6.45, 7) is 9.26. The van der Waals surface area contributed by atoms with E-state index in [1.165, 1.54) is 16.8 Å². The van der Waals surface area contributed by atoms with Gasteiger partial charge in [-0.15, -0.1) is 0 Å². The molecule has 3 aromatic carbocycles. The molecule has 4 heteroatoms. The van der Waals surface area contributed by atoms with Crippen molar-refractivity contribution in [1.29, 1.82) is 0 Å². The van der Waals surface area contributed by atoms with Crippen LogP contribution < -0.4 is 0 Å². The van der Waals surface area contributed by atoms with Gasteiger partial charge in [-0.1, -0.05) is 88.4 Å². The van der Waals surface area contributed by atoms with Gasteiger partial charge in [-0.05, 0) is 65.6 Å². The third-order valence-corrected chi connectivity index (χ3v) is 8.17. The Morgan fingerprint density at radius 3 is 1.68 bits per heavy atom. The molecule has 1 heterocycles. The van der Waals surface area contributed by atoms with Crippen LogP contribution in [0.4, 0.5) is 4.39 Å². The van der Waals surface area contributed by atoms with Crippen molar-refractivity contribution in [3.8, 4) is 0 Å². The zero-order valence-corrected chi connectivity index (χ0v) is 21.7. The van der Waals surface area contributed by atoms with E-state index in [1.807, 2.05) is 12.1 Å². The molecular formula is C30H36FN2P. The zero-order valence-electron chi connectivity index (χ0n) is 20.7. The molecule has 0 aromatic heterocycles. The molecule has 0 fully saturated rings. The van der Waals surface area contributed by atoms with E-state index in [9.17, 15) is 4.39 Å². The molecule has 34 heavy (non-hydrogen) atoms. The Hall–Kier alpha value is -2.64. The fourth-order valence-electron chi connectivity index (χ4n) is 4.65. The normalized spacial score (nSPS) is 16.4. The number of hydrogen-bond donors (Lipinski definition) is 0. The smallest absolute Gasteiger partial charge is 0.123 e. The average Bonchev–Trinajstić information content (AvgIpc) is 3.27. The summed E-state index contributed by atoms with van der Waals surface area (Å²) in [6.07, 6.45) is 4.33. The number of benzene rings is 3. The molecule has 0 radical (unpaired) electrons. The number of rotatable bonds is 9. The summed E-state index contributed by atoms with van der Waals surface area (Å²) in [6, 6.07) is 29.3. The van der Waals surface area contributed by atoms with Crippen molar-refractivity contribution in [2.45, 2.75) is 52.6 Å². The lowest BCUT2D eigenvalue weighted by Crippen LogP contribution is -2.35. The van der Waals surface area contributed by atoms with Crippen molar-refractivity contribution in [3.63, 3.8) is 0 Å². The number of nitrogens with zero attached hydrogens (tertiary/aromatic N) is 2. The molecule has 0 aliphatic carbocycles. The van der Waals surface area contributed by atoms with Crippen molar-refractivity contribution in [2.75, 3.05) is 0 Å². The molecule has 0 spiro atoms. The first-order valence-electron chi connectivity index (χ1n) is 12.3. The van der Waals surface area contributed by atoms with Gasteiger partial charge in [0.1, 0.15) is 5.82 Å². The van der Waals surface area contributed by atoms with Gasteiger partial charge < -0.3 is 9.34 Å². The van der Waals surface area contributed by atoms with E-state index in [-0.39, 0.29) is 5.82 Å². The molecule has 0 saturated carbocycles. The third-order valence-electron chi connectivity index (χ3n) is 6.69. The average molecular weight is 475 g/mol. The molecule has 3 aromatic rings. The van der Waals surface area contributed by atoms with E-state index in [1.54, 1.807) is 12.1 Å². The fourth-order valence-corrected chi connectivity index (χ4v) is 6.45. The lowest BCUT2D eigenvalue weighted by molar-refractivity contribution is 0.318. The molecule has 178 valence electrons. The molecule has 1 unspecified atom stereocenters. The fraction of sp³-hybridized carbons (Fsp3) is 0.333. The topological polar surface area (TPSA) is 6.48 Å². The lowest BCUT2D eigenvalue weighted by atomic mass is 9.95. The maximum Gasteiger partial charge on any atom is 0.123 e. The monoisotopic (exact) mass is 474 g/mol. The van der Waals surface area contributed by atoms with Crippen LogP contribution in [0.1, 0.15) is 44.4 Å². The van der Waals surface area contributed by atoms with Crippen LogP contribution in [0.5, 0.6) is 0 Å². The summed E-state index contributed by atoms with van der Waals surface area (Å²) in [7, 11) is 0.524. The van der Waals surface area contributed by atoms with Gasteiger partial charge in [-0.2, -0.15) is 0 Å². The molecule has 0 N–H and O–H groups in total. The van der Waals surface area contributed by atoms with Crippen LogP contribution in [0.15, 0.2) is 91.1 Å². The minimum atomic E-state index is -0.193. The highest BCUT2D eigenvalue weighted by Crippen LogP contribution is 2.47. The van der Waals surface area contributed by atoms with Crippen molar-refractivity contribution < 1.29 is 4.39 Å². The van der Waals surface area contributed by atoms with E-state index in [0.717, 1.165) is 18.4 Å². The quantitative estimate of drug-likeness (QED) is 0.292. The second kappa shape index (κ2) is 11.2. The molecular weight excluding hydrogens is 438 g/mol. The molecule has 1 aliphatic heterocycles. The van der Waals surface area contributed by atoms with Gasteiger partial charge in [0, 0.05) is 18.3 Å². The number of hydrogen-bond acceptors (Lipinski definition) is 2. The summed E-state index contributed by atoms with van der Waals surface area (Å²) >= 11 is 0. The predicted octanol–water partition coefficient (Wildman–Crippen LogP) is 7.78. The van der Waals surface area contributed by atoms with E-state index >= 15 is 0 Å². The molecule has 4 rings (SSSR count). The first-order valence-corrected chi connectivity index (χ1v) is 13.2. The van der Waals surface area contributed by atoms with E-state index in [0.29, 0.717) is 32.8 Å². The van der Waals surface area contributed by atoms with Gasteiger partial charge in [0.2, 0.25) is 0 Å². The summed E-state index contributed by atoms with van der Waals surface area (Å²) in [5, 5.41) is 0. The van der Waals surface area contributed by atoms with Gasteiger partial charge in [-0.3, -0.25) is 0 Å². The first-order chi connectivity index (χ1) is 16.4. The van der Waals surface area contributed by atoms with Gasteiger partial charge in [0.05, 0.1) is 14.6 Å². The number of halogens is 1. The first kappa shape index (κ1) is 24.5. The van der Waals surface area contributed by atoms with Crippen LogP contribution in [0.3, 0.4) is 0 Å². The van der Waals surface area contributed by atoms with Crippen LogP contribution >= 0.6 is 8.88 Å².